The number of halogens is 1. The van der Waals surface area contributed by atoms with Crippen molar-refractivity contribution >= 4 is 16.8 Å². The minimum absolute atomic E-state index is 0.0607. The molecule has 7 heteroatoms. The van der Waals surface area contributed by atoms with Gasteiger partial charge in [0.05, 0.1) is 16.8 Å². The number of piperidine rings is 1. The molecule has 1 atom stereocenters. The highest BCUT2D eigenvalue weighted by molar-refractivity contribution is 5.95. The molecule has 0 radical (unpaired) electrons. The van der Waals surface area contributed by atoms with Crippen LogP contribution in [-0.2, 0) is 13.1 Å². The van der Waals surface area contributed by atoms with Crippen molar-refractivity contribution in [3.63, 3.8) is 0 Å². The summed E-state index contributed by atoms with van der Waals surface area (Å²) in [7, 11) is 0. The zero-order chi connectivity index (χ0) is 22.9. The lowest BCUT2D eigenvalue weighted by molar-refractivity contribution is 0.0791. The zero-order valence-electron chi connectivity index (χ0n) is 19.6. The van der Waals surface area contributed by atoms with E-state index in [1.54, 1.807) is 18.3 Å². The molecule has 5 rings (SSSR count). The van der Waals surface area contributed by atoms with E-state index in [-0.39, 0.29) is 17.6 Å². The molecule has 1 unspecified atom stereocenters. The van der Waals surface area contributed by atoms with Crippen LogP contribution in [0.2, 0.25) is 0 Å². The molecule has 0 saturated carbocycles. The summed E-state index contributed by atoms with van der Waals surface area (Å²) in [4.78, 5) is 26.6. The van der Waals surface area contributed by atoms with Gasteiger partial charge in [0.15, 0.2) is 0 Å². The lowest BCUT2D eigenvalue weighted by Crippen LogP contribution is -2.35. The molecule has 2 aromatic heterocycles. The van der Waals surface area contributed by atoms with E-state index in [1.807, 2.05) is 17.9 Å². The predicted molar refractivity (Wildman–Crippen MR) is 127 cm³/mol. The minimum atomic E-state index is -0.195. The monoisotopic (exact) mass is 449 g/mol. The number of hydrogen-bond donors (Lipinski definition) is 0. The highest BCUT2D eigenvalue weighted by Crippen LogP contribution is 2.29. The molecule has 0 spiro atoms. The number of rotatable bonds is 5. The predicted octanol–water partition coefficient (Wildman–Crippen LogP) is 4.51. The highest BCUT2D eigenvalue weighted by Gasteiger charge is 2.27. The van der Waals surface area contributed by atoms with E-state index < -0.39 is 0 Å². The third-order valence-corrected chi connectivity index (χ3v) is 7.15. The van der Waals surface area contributed by atoms with Crippen LogP contribution >= 0.6 is 0 Å². The van der Waals surface area contributed by atoms with Crippen LogP contribution in [0.1, 0.15) is 66.0 Å². The van der Waals surface area contributed by atoms with Gasteiger partial charge in [-0.1, -0.05) is 0 Å². The van der Waals surface area contributed by atoms with Crippen LogP contribution in [0.25, 0.3) is 10.9 Å². The lowest BCUT2D eigenvalue weighted by atomic mass is 9.96. The number of carbonyl (C=O) groups excluding carboxylic acids is 1. The standard InChI is InChI=1S/C26H32FN5O/c1-3-31-17-20(22-9-8-21(27)13-24(22)31)16-30-10-6-7-19(15-30)25-28-14-23(18(2)29-25)26(33)32-11-4-5-12-32/h8-9,13-14,17,19H,3-7,10-12,15-16H2,1-2H3. The Morgan fingerprint density at radius 3 is 2.76 bits per heavy atom. The number of likely N-dealkylation sites (tertiary alicyclic amines) is 2. The highest BCUT2D eigenvalue weighted by atomic mass is 19.1. The van der Waals surface area contributed by atoms with Gasteiger partial charge in [0.25, 0.3) is 5.91 Å². The maximum Gasteiger partial charge on any atom is 0.257 e. The van der Waals surface area contributed by atoms with Gasteiger partial charge in [-0.25, -0.2) is 14.4 Å². The van der Waals surface area contributed by atoms with Gasteiger partial charge in [0.2, 0.25) is 0 Å². The summed E-state index contributed by atoms with van der Waals surface area (Å²) < 4.78 is 15.9. The normalized spacial score (nSPS) is 19.5. The van der Waals surface area contributed by atoms with E-state index in [0.29, 0.717) is 5.56 Å². The average molecular weight is 450 g/mol. The molecule has 174 valence electrons. The fourth-order valence-corrected chi connectivity index (χ4v) is 5.36. The summed E-state index contributed by atoms with van der Waals surface area (Å²) in [5, 5.41) is 1.12. The quantitative estimate of drug-likeness (QED) is 0.575. The third kappa shape index (κ3) is 4.38. The number of amides is 1. The largest absolute Gasteiger partial charge is 0.347 e. The van der Waals surface area contributed by atoms with Crippen LogP contribution in [0.15, 0.2) is 30.6 Å². The van der Waals surface area contributed by atoms with Crippen molar-refractivity contribution in [3.8, 4) is 0 Å². The molecule has 2 aliphatic rings. The van der Waals surface area contributed by atoms with Crippen molar-refractivity contribution in [1.82, 2.24) is 24.3 Å². The second-order valence-electron chi connectivity index (χ2n) is 9.40. The summed E-state index contributed by atoms with van der Waals surface area (Å²) in [6.45, 7) is 9.24. The van der Waals surface area contributed by atoms with Gasteiger partial charge in [-0.05, 0) is 69.8 Å². The van der Waals surface area contributed by atoms with Crippen molar-refractivity contribution in [2.45, 2.75) is 58.5 Å². The SMILES string of the molecule is CCn1cc(CN2CCCC(c3ncc(C(=O)N4CCCC4)c(C)n3)C2)c2ccc(F)cc21. The Bertz CT molecular complexity index is 1170. The maximum atomic E-state index is 13.8. The Kier molecular flexibility index (Phi) is 6.15. The topological polar surface area (TPSA) is 54.3 Å². The number of carbonyl (C=O) groups is 1. The first-order valence-corrected chi connectivity index (χ1v) is 12.2. The maximum absolute atomic E-state index is 13.8. The first-order chi connectivity index (χ1) is 16.0. The van der Waals surface area contributed by atoms with E-state index in [0.717, 1.165) is 87.4 Å². The van der Waals surface area contributed by atoms with E-state index >= 15 is 0 Å². The van der Waals surface area contributed by atoms with Crippen molar-refractivity contribution in [2.75, 3.05) is 26.2 Å². The summed E-state index contributed by atoms with van der Waals surface area (Å²) in [5.41, 5.74) is 3.60. The smallest absolute Gasteiger partial charge is 0.257 e. The number of nitrogens with zero attached hydrogens (tertiary/aromatic N) is 5. The van der Waals surface area contributed by atoms with E-state index in [4.69, 9.17) is 4.98 Å². The van der Waals surface area contributed by atoms with E-state index in [9.17, 15) is 9.18 Å². The number of aryl methyl sites for hydroxylation is 2. The Morgan fingerprint density at radius 2 is 2.00 bits per heavy atom. The molecular weight excluding hydrogens is 417 g/mol. The van der Waals surface area contributed by atoms with Crippen molar-refractivity contribution in [3.05, 3.63) is 59.1 Å². The second kappa shape index (κ2) is 9.21. The Hall–Kier alpha value is -2.80. The van der Waals surface area contributed by atoms with Gasteiger partial charge in [-0.2, -0.15) is 0 Å². The number of benzene rings is 1. The van der Waals surface area contributed by atoms with Crippen LogP contribution in [0, 0.1) is 12.7 Å². The van der Waals surface area contributed by atoms with Gasteiger partial charge < -0.3 is 9.47 Å². The van der Waals surface area contributed by atoms with Gasteiger partial charge in [-0.3, -0.25) is 9.69 Å². The molecule has 2 aliphatic heterocycles. The first kappa shape index (κ1) is 22.0. The van der Waals surface area contributed by atoms with Crippen molar-refractivity contribution in [2.24, 2.45) is 0 Å². The molecular formula is C26H32FN5O. The molecule has 33 heavy (non-hydrogen) atoms. The Balaban J connectivity index is 1.32. The van der Waals surface area contributed by atoms with Gasteiger partial charge >= 0.3 is 0 Å². The molecule has 1 aromatic carbocycles. The molecule has 0 N–H and O–H groups in total. The summed E-state index contributed by atoms with van der Waals surface area (Å²) >= 11 is 0. The fourth-order valence-electron chi connectivity index (χ4n) is 5.36. The summed E-state index contributed by atoms with van der Waals surface area (Å²) in [6.07, 6.45) is 8.19. The van der Waals surface area contributed by atoms with Gasteiger partial charge in [-0.15, -0.1) is 0 Å². The van der Waals surface area contributed by atoms with E-state index in [2.05, 4.69) is 27.6 Å². The molecule has 4 heterocycles. The number of aromatic nitrogens is 3. The van der Waals surface area contributed by atoms with Crippen LogP contribution in [0.3, 0.4) is 0 Å². The number of fused-ring (bicyclic) bond motifs is 1. The lowest BCUT2D eigenvalue weighted by Gasteiger charge is -2.32. The zero-order valence-corrected chi connectivity index (χ0v) is 19.6. The number of hydrogen-bond acceptors (Lipinski definition) is 4. The molecule has 2 fully saturated rings. The molecule has 1 amide bonds. The summed E-state index contributed by atoms with van der Waals surface area (Å²) in [5.74, 6) is 0.961. The van der Waals surface area contributed by atoms with Crippen molar-refractivity contribution in [1.29, 1.82) is 0 Å². The van der Waals surface area contributed by atoms with Gasteiger partial charge in [0.1, 0.15) is 11.6 Å². The average Bonchev–Trinajstić information content (AvgIpc) is 3.47. The minimum Gasteiger partial charge on any atom is -0.347 e. The fraction of sp³-hybridized carbons (Fsp3) is 0.500. The van der Waals surface area contributed by atoms with Crippen LogP contribution < -0.4 is 0 Å². The molecule has 6 nitrogen and oxygen atoms in total. The molecule has 2 saturated heterocycles. The Morgan fingerprint density at radius 1 is 1.18 bits per heavy atom. The molecule has 0 bridgehead atoms. The first-order valence-electron chi connectivity index (χ1n) is 12.2. The Labute approximate surface area is 194 Å². The second-order valence-corrected chi connectivity index (χ2v) is 9.40. The van der Waals surface area contributed by atoms with Crippen LogP contribution in [0.5, 0.6) is 0 Å². The van der Waals surface area contributed by atoms with Crippen molar-refractivity contribution < 1.29 is 9.18 Å². The van der Waals surface area contributed by atoms with Crippen LogP contribution in [-0.4, -0.2) is 56.4 Å². The van der Waals surface area contributed by atoms with Gasteiger partial charge in [0, 0.05) is 56.4 Å². The van der Waals surface area contributed by atoms with E-state index in [1.165, 1.54) is 5.56 Å². The third-order valence-electron chi connectivity index (χ3n) is 7.15. The molecule has 0 aliphatic carbocycles. The summed E-state index contributed by atoms with van der Waals surface area (Å²) in [6, 6.07) is 5.07. The van der Waals surface area contributed by atoms with Crippen LogP contribution in [0.4, 0.5) is 4.39 Å². The molecule has 3 aromatic rings.